The number of benzene rings is 1. The van der Waals surface area contributed by atoms with Crippen LogP contribution in [0.1, 0.15) is 12.0 Å². The molecule has 0 bridgehead atoms. The van der Waals surface area contributed by atoms with Gasteiger partial charge in [0.15, 0.2) is 0 Å². The van der Waals surface area contributed by atoms with E-state index in [-0.39, 0.29) is 0 Å². The number of hydrogen-bond donors (Lipinski definition) is 2. The van der Waals surface area contributed by atoms with E-state index >= 15 is 0 Å². The zero-order valence-electron chi connectivity index (χ0n) is 11.1. The highest BCUT2D eigenvalue weighted by Gasteiger charge is 2.08. The molecule has 0 atom stereocenters. The van der Waals surface area contributed by atoms with Gasteiger partial charge in [0.1, 0.15) is 11.5 Å². The summed E-state index contributed by atoms with van der Waals surface area (Å²) in [5, 5.41) is 6.52. The molecule has 0 radical (unpaired) electrons. The van der Waals surface area contributed by atoms with Crippen molar-refractivity contribution in [1.29, 1.82) is 0 Å². The number of nitrogens with one attached hydrogen (secondary N) is 2. The van der Waals surface area contributed by atoms with E-state index in [0.29, 0.717) is 0 Å². The molecule has 0 unspecified atom stereocenters. The SMILES string of the molecule is CNCCCNc1c(C)cc(OC)cc1OC. The van der Waals surface area contributed by atoms with Crippen molar-refractivity contribution < 1.29 is 9.47 Å². The zero-order valence-corrected chi connectivity index (χ0v) is 11.1. The summed E-state index contributed by atoms with van der Waals surface area (Å²) >= 11 is 0. The van der Waals surface area contributed by atoms with E-state index in [0.717, 1.165) is 42.3 Å². The first-order chi connectivity index (χ1) is 8.22. The number of hydrogen-bond acceptors (Lipinski definition) is 4. The highest BCUT2D eigenvalue weighted by molar-refractivity contribution is 5.64. The minimum absolute atomic E-state index is 0.820. The van der Waals surface area contributed by atoms with E-state index in [1.165, 1.54) is 0 Å². The Bertz CT molecular complexity index is 354. The number of ether oxygens (including phenoxy) is 2. The number of aryl methyl sites for hydroxylation is 1. The van der Waals surface area contributed by atoms with Crippen molar-refractivity contribution in [2.24, 2.45) is 0 Å². The summed E-state index contributed by atoms with van der Waals surface area (Å²) in [5.41, 5.74) is 2.18. The highest BCUT2D eigenvalue weighted by atomic mass is 16.5. The van der Waals surface area contributed by atoms with E-state index in [2.05, 4.69) is 10.6 Å². The van der Waals surface area contributed by atoms with Gasteiger partial charge in [-0.15, -0.1) is 0 Å². The molecule has 4 nitrogen and oxygen atoms in total. The van der Waals surface area contributed by atoms with Crippen molar-refractivity contribution in [2.75, 3.05) is 39.7 Å². The third-order valence-electron chi connectivity index (χ3n) is 2.63. The Morgan fingerprint density at radius 3 is 2.47 bits per heavy atom. The Hall–Kier alpha value is -1.42. The van der Waals surface area contributed by atoms with Gasteiger partial charge >= 0.3 is 0 Å². The first-order valence-electron chi connectivity index (χ1n) is 5.84. The van der Waals surface area contributed by atoms with Gasteiger partial charge in [-0.1, -0.05) is 0 Å². The fraction of sp³-hybridized carbons (Fsp3) is 0.538. The molecule has 96 valence electrons. The lowest BCUT2D eigenvalue weighted by Gasteiger charge is -2.15. The van der Waals surface area contributed by atoms with Crippen molar-refractivity contribution in [3.05, 3.63) is 17.7 Å². The van der Waals surface area contributed by atoms with Crippen LogP contribution in [-0.4, -0.2) is 34.4 Å². The van der Waals surface area contributed by atoms with Crippen LogP contribution in [0, 0.1) is 6.92 Å². The van der Waals surface area contributed by atoms with Crippen molar-refractivity contribution in [1.82, 2.24) is 5.32 Å². The summed E-state index contributed by atoms with van der Waals surface area (Å²) in [6.45, 7) is 3.97. The Morgan fingerprint density at radius 2 is 1.88 bits per heavy atom. The third kappa shape index (κ3) is 3.82. The van der Waals surface area contributed by atoms with Gasteiger partial charge < -0.3 is 20.1 Å². The molecular weight excluding hydrogens is 216 g/mol. The molecule has 0 aromatic heterocycles. The minimum atomic E-state index is 0.820. The largest absolute Gasteiger partial charge is 0.497 e. The van der Waals surface area contributed by atoms with Crippen LogP contribution < -0.4 is 20.1 Å². The molecule has 0 aliphatic rings. The summed E-state index contributed by atoms with van der Waals surface area (Å²) in [5.74, 6) is 1.64. The van der Waals surface area contributed by atoms with Crippen LogP contribution >= 0.6 is 0 Å². The Kier molecular flexibility index (Phi) is 5.63. The third-order valence-corrected chi connectivity index (χ3v) is 2.63. The molecule has 0 saturated heterocycles. The van der Waals surface area contributed by atoms with E-state index in [1.54, 1.807) is 14.2 Å². The summed E-state index contributed by atoms with van der Waals surface area (Å²) in [6.07, 6.45) is 1.07. The van der Waals surface area contributed by atoms with Gasteiger partial charge in [-0.05, 0) is 38.6 Å². The lowest BCUT2D eigenvalue weighted by molar-refractivity contribution is 0.395. The molecular formula is C13H22N2O2. The van der Waals surface area contributed by atoms with Crippen molar-refractivity contribution in [2.45, 2.75) is 13.3 Å². The molecule has 0 saturated carbocycles. The van der Waals surface area contributed by atoms with E-state index in [9.17, 15) is 0 Å². The van der Waals surface area contributed by atoms with Crippen LogP contribution in [0.25, 0.3) is 0 Å². The molecule has 0 fully saturated rings. The van der Waals surface area contributed by atoms with Crippen LogP contribution in [0.2, 0.25) is 0 Å². The van der Waals surface area contributed by atoms with Crippen LogP contribution in [-0.2, 0) is 0 Å². The summed E-state index contributed by atoms with van der Waals surface area (Å²) in [4.78, 5) is 0. The molecule has 0 aliphatic carbocycles. The molecule has 0 heterocycles. The van der Waals surface area contributed by atoms with Gasteiger partial charge in [-0.2, -0.15) is 0 Å². The number of anilines is 1. The van der Waals surface area contributed by atoms with Gasteiger partial charge in [0.05, 0.1) is 19.9 Å². The minimum Gasteiger partial charge on any atom is -0.497 e. The quantitative estimate of drug-likeness (QED) is 0.713. The predicted molar refractivity (Wildman–Crippen MR) is 71.3 cm³/mol. The topological polar surface area (TPSA) is 42.5 Å². The molecule has 4 heteroatoms. The van der Waals surface area contributed by atoms with E-state index in [1.807, 2.05) is 26.1 Å². The summed E-state index contributed by atoms with van der Waals surface area (Å²) < 4.78 is 10.6. The van der Waals surface area contributed by atoms with Gasteiger partial charge in [0, 0.05) is 12.6 Å². The second kappa shape index (κ2) is 7.01. The van der Waals surface area contributed by atoms with Crippen LogP contribution in [0.5, 0.6) is 11.5 Å². The van der Waals surface area contributed by atoms with Gasteiger partial charge in [0.2, 0.25) is 0 Å². The fourth-order valence-corrected chi connectivity index (χ4v) is 1.71. The first kappa shape index (κ1) is 13.6. The molecule has 1 aromatic carbocycles. The smallest absolute Gasteiger partial charge is 0.145 e. The average molecular weight is 238 g/mol. The molecule has 17 heavy (non-hydrogen) atoms. The van der Waals surface area contributed by atoms with Crippen molar-refractivity contribution in [3.8, 4) is 11.5 Å². The predicted octanol–water partition coefficient (Wildman–Crippen LogP) is 2.03. The maximum Gasteiger partial charge on any atom is 0.145 e. The lowest BCUT2D eigenvalue weighted by atomic mass is 10.1. The van der Waals surface area contributed by atoms with Crippen molar-refractivity contribution in [3.63, 3.8) is 0 Å². The Balaban J connectivity index is 2.75. The maximum absolute atomic E-state index is 5.37. The second-order valence-electron chi connectivity index (χ2n) is 3.91. The van der Waals surface area contributed by atoms with E-state index < -0.39 is 0 Å². The van der Waals surface area contributed by atoms with Crippen LogP contribution in [0.3, 0.4) is 0 Å². The molecule has 1 rings (SSSR count). The molecule has 1 aromatic rings. The Morgan fingerprint density at radius 1 is 1.12 bits per heavy atom. The number of methoxy groups -OCH3 is 2. The second-order valence-corrected chi connectivity index (χ2v) is 3.91. The number of rotatable bonds is 7. The molecule has 0 amide bonds. The molecule has 2 N–H and O–H groups in total. The van der Waals surface area contributed by atoms with Crippen LogP contribution in [0.4, 0.5) is 5.69 Å². The van der Waals surface area contributed by atoms with Gasteiger partial charge in [-0.25, -0.2) is 0 Å². The summed E-state index contributed by atoms with van der Waals surface area (Å²) in [7, 11) is 5.29. The van der Waals surface area contributed by atoms with Crippen LogP contribution in [0.15, 0.2) is 12.1 Å². The molecule has 0 spiro atoms. The normalized spacial score (nSPS) is 10.1. The maximum atomic E-state index is 5.37. The van der Waals surface area contributed by atoms with Gasteiger partial charge in [-0.3, -0.25) is 0 Å². The fourth-order valence-electron chi connectivity index (χ4n) is 1.71. The summed E-state index contributed by atoms with van der Waals surface area (Å²) in [6, 6.07) is 3.90. The van der Waals surface area contributed by atoms with Gasteiger partial charge in [0.25, 0.3) is 0 Å². The average Bonchev–Trinajstić information content (AvgIpc) is 2.35. The monoisotopic (exact) mass is 238 g/mol. The lowest BCUT2D eigenvalue weighted by Crippen LogP contribution is -2.13. The van der Waals surface area contributed by atoms with Crippen molar-refractivity contribution >= 4 is 5.69 Å². The van der Waals surface area contributed by atoms with E-state index in [4.69, 9.17) is 9.47 Å². The first-order valence-corrected chi connectivity index (χ1v) is 5.84. The molecule has 0 aliphatic heterocycles. The highest BCUT2D eigenvalue weighted by Crippen LogP contribution is 2.32. The standard InChI is InChI=1S/C13H22N2O2/c1-10-8-11(16-3)9-12(17-4)13(10)15-7-5-6-14-2/h8-9,14-15H,5-7H2,1-4H3. The Labute approximate surface area is 103 Å². The zero-order chi connectivity index (χ0) is 12.7.